The molecule has 0 heterocycles. The number of aliphatic hydroxyl groups excluding tert-OH is 1. The van der Waals surface area contributed by atoms with Gasteiger partial charge < -0.3 is 10.4 Å². The Morgan fingerprint density at radius 1 is 1.47 bits per heavy atom. The lowest BCUT2D eigenvalue weighted by Crippen LogP contribution is -2.36. The molecule has 0 bridgehead atoms. The molecule has 1 aromatic rings. The molecule has 0 aliphatic carbocycles. The maximum atomic E-state index is 12.0. The van der Waals surface area contributed by atoms with Crippen LogP contribution in [0.5, 0.6) is 0 Å². The second kappa shape index (κ2) is 6.56. The second-order valence-corrected chi connectivity index (χ2v) is 4.16. The summed E-state index contributed by atoms with van der Waals surface area (Å²) in [7, 11) is 0. The summed E-state index contributed by atoms with van der Waals surface area (Å²) in [5.74, 6) is -0.463. The van der Waals surface area contributed by atoms with Crippen molar-refractivity contribution in [1.82, 2.24) is 5.32 Å². The maximum absolute atomic E-state index is 12.0. The molecule has 1 atom stereocenters. The molecule has 17 heavy (non-hydrogen) atoms. The summed E-state index contributed by atoms with van der Waals surface area (Å²) in [6, 6.07) is 6.85. The molecule has 3 nitrogen and oxygen atoms in total. The molecule has 94 valence electrons. The fourth-order valence-electron chi connectivity index (χ4n) is 1.21. The van der Waals surface area contributed by atoms with Crippen molar-refractivity contribution in [3.05, 3.63) is 29.8 Å². The monoisotopic (exact) mass is 261 g/mol. The van der Waals surface area contributed by atoms with E-state index >= 15 is 0 Å². The predicted molar refractivity (Wildman–Crippen MR) is 62.6 cm³/mol. The first kappa shape index (κ1) is 13.9. The highest BCUT2D eigenvalue weighted by Crippen LogP contribution is 2.19. The molecule has 1 aromatic carbocycles. The van der Waals surface area contributed by atoms with Gasteiger partial charge in [-0.1, -0.05) is 12.1 Å². The van der Waals surface area contributed by atoms with Crippen molar-refractivity contribution in [1.29, 1.82) is 0 Å². The van der Waals surface area contributed by atoms with E-state index < -0.39 is 25.0 Å². The predicted octanol–water partition coefficient (Wildman–Crippen LogP) is 1.76. The normalized spacial score (nSPS) is 12.5. The van der Waals surface area contributed by atoms with E-state index in [1.165, 1.54) is 11.8 Å². The lowest BCUT2D eigenvalue weighted by molar-refractivity contribution is -0.00271. The first-order valence-electron chi connectivity index (χ1n) is 4.93. The van der Waals surface area contributed by atoms with Gasteiger partial charge >= 0.3 is 0 Å². The zero-order valence-corrected chi connectivity index (χ0v) is 10.0. The van der Waals surface area contributed by atoms with Gasteiger partial charge in [-0.3, -0.25) is 4.79 Å². The third-order valence-corrected chi connectivity index (χ3v) is 2.91. The molecule has 0 saturated heterocycles. The zero-order valence-electron chi connectivity index (χ0n) is 9.19. The van der Waals surface area contributed by atoms with Gasteiger partial charge in [-0.25, -0.2) is 8.78 Å². The fourth-order valence-corrected chi connectivity index (χ4v) is 1.81. The molecule has 0 aliphatic heterocycles. The topological polar surface area (TPSA) is 49.3 Å². The van der Waals surface area contributed by atoms with Gasteiger partial charge in [-0.15, -0.1) is 11.8 Å². The number of rotatable bonds is 5. The summed E-state index contributed by atoms with van der Waals surface area (Å²) in [5, 5.41) is 11.2. The van der Waals surface area contributed by atoms with Crippen LogP contribution < -0.4 is 5.32 Å². The molecule has 0 aliphatic rings. The van der Waals surface area contributed by atoms with Crippen molar-refractivity contribution in [2.45, 2.75) is 17.4 Å². The Bertz CT molecular complexity index is 387. The number of carbonyl (C=O) groups is 1. The summed E-state index contributed by atoms with van der Waals surface area (Å²) in [5.41, 5.74) is 0.418. The SMILES string of the molecule is CSc1ccccc1C(=O)NCC(O)C(F)F. The van der Waals surface area contributed by atoms with E-state index in [-0.39, 0.29) is 0 Å². The van der Waals surface area contributed by atoms with Crippen LogP contribution in [-0.2, 0) is 0 Å². The summed E-state index contributed by atoms with van der Waals surface area (Å²) >= 11 is 1.39. The Kier molecular flexibility index (Phi) is 5.37. The fraction of sp³-hybridized carbons (Fsp3) is 0.364. The van der Waals surface area contributed by atoms with Crippen LogP contribution in [0.15, 0.2) is 29.2 Å². The number of halogens is 2. The van der Waals surface area contributed by atoms with E-state index in [1.54, 1.807) is 24.3 Å². The van der Waals surface area contributed by atoms with E-state index in [0.717, 1.165) is 4.90 Å². The van der Waals surface area contributed by atoms with Crippen LogP contribution in [0.4, 0.5) is 8.78 Å². The molecule has 0 radical (unpaired) electrons. The molecule has 1 unspecified atom stereocenters. The van der Waals surface area contributed by atoms with Crippen LogP contribution >= 0.6 is 11.8 Å². The minimum Gasteiger partial charge on any atom is -0.385 e. The third kappa shape index (κ3) is 3.98. The van der Waals surface area contributed by atoms with Gasteiger partial charge in [0, 0.05) is 11.4 Å². The second-order valence-electron chi connectivity index (χ2n) is 3.31. The highest BCUT2D eigenvalue weighted by atomic mass is 32.2. The molecule has 1 amide bonds. The van der Waals surface area contributed by atoms with E-state index in [0.29, 0.717) is 5.56 Å². The summed E-state index contributed by atoms with van der Waals surface area (Å²) in [6.07, 6.45) is -2.87. The molecule has 0 spiro atoms. The largest absolute Gasteiger partial charge is 0.385 e. The number of amides is 1. The number of carbonyl (C=O) groups excluding carboxylic acids is 1. The van der Waals surface area contributed by atoms with Gasteiger partial charge in [0.1, 0.15) is 6.10 Å². The zero-order chi connectivity index (χ0) is 12.8. The van der Waals surface area contributed by atoms with Crippen LogP contribution in [0.2, 0.25) is 0 Å². The number of benzene rings is 1. The average molecular weight is 261 g/mol. The first-order valence-corrected chi connectivity index (χ1v) is 6.16. The molecule has 0 fully saturated rings. The Morgan fingerprint density at radius 2 is 2.12 bits per heavy atom. The first-order chi connectivity index (χ1) is 8.06. The Hall–Kier alpha value is -1.14. The van der Waals surface area contributed by atoms with E-state index in [4.69, 9.17) is 5.11 Å². The summed E-state index contributed by atoms with van der Waals surface area (Å²) in [4.78, 5) is 12.4. The lowest BCUT2D eigenvalue weighted by atomic mass is 10.2. The molecule has 6 heteroatoms. The van der Waals surface area contributed by atoms with Crippen LogP contribution in [0.25, 0.3) is 0 Å². The van der Waals surface area contributed by atoms with Crippen molar-refractivity contribution in [3.8, 4) is 0 Å². The van der Waals surface area contributed by atoms with E-state index in [2.05, 4.69) is 5.32 Å². The third-order valence-electron chi connectivity index (χ3n) is 2.11. The van der Waals surface area contributed by atoms with Crippen molar-refractivity contribution < 1.29 is 18.7 Å². The average Bonchev–Trinajstić information content (AvgIpc) is 2.35. The Balaban J connectivity index is 2.64. The quantitative estimate of drug-likeness (QED) is 0.794. The van der Waals surface area contributed by atoms with Crippen molar-refractivity contribution >= 4 is 17.7 Å². The molecular weight excluding hydrogens is 248 g/mol. The molecule has 2 N–H and O–H groups in total. The van der Waals surface area contributed by atoms with Gasteiger partial charge in [-0.05, 0) is 18.4 Å². The summed E-state index contributed by atoms with van der Waals surface area (Å²) < 4.78 is 24.0. The Morgan fingerprint density at radius 3 is 2.71 bits per heavy atom. The Labute approximate surface area is 102 Å². The number of hydrogen-bond acceptors (Lipinski definition) is 3. The number of alkyl halides is 2. The van der Waals surface area contributed by atoms with Crippen LogP contribution in [0.1, 0.15) is 10.4 Å². The van der Waals surface area contributed by atoms with E-state index in [9.17, 15) is 13.6 Å². The van der Waals surface area contributed by atoms with E-state index in [1.807, 2.05) is 6.26 Å². The highest BCUT2D eigenvalue weighted by Gasteiger charge is 2.18. The number of thioether (sulfide) groups is 1. The van der Waals surface area contributed by atoms with Crippen LogP contribution in [-0.4, -0.2) is 36.3 Å². The van der Waals surface area contributed by atoms with Crippen molar-refractivity contribution in [2.24, 2.45) is 0 Å². The van der Waals surface area contributed by atoms with Crippen LogP contribution in [0.3, 0.4) is 0 Å². The minimum absolute atomic E-state index is 0.418. The van der Waals surface area contributed by atoms with Gasteiger partial charge in [-0.2, -0.15) is 0 Å². The van der Waals surface area contributed by atoms with Crippen molar-refractivity contribution in [3.63, 3.8) is 0 Å². The van der Waals surface area contributed by atoms with Gasteiger partial charge in [0.15, 0.2) is 0 Å². The lowest BCUT2D eigenvalue weighted by Gasteiger charge is -2.12. The molecular formula is C11H13F2NO2S. The highest BCUT2D eigenvalue weighted by molar-refractivity contribution is 7.98. The molecule has 1 rings (SSSR count). The molecule has 0 saturated carbocycles. The standard InChI is InChI=1S/C11H13F2NO2S/c1-17-9-5-3-2-4-7(9)11(16)14-6-8(15)10(12)13/h2-5,8,10,15H,6H2,1H3,(H,14,16). The number of hydrogen-bond donors (Lipinski definition) is 2. The van der Waals surface area contributed by atoms with Gasteiger partial charge in [0.25, 0.3) is 12.3 Å². The minimum atomic E-state index is -2.86. The van der Waals surface area contributed by atoms with Crippen molar-refractivity contribution in [2.75, 3.05) is 12.8 Å². The molecule has 0 aromatic heterocycles. The maximum Gasteiger partial charge on any atom is 0.265 e. The number of nitrogens with one attached hydrogen (secondary N) is 1. The summed E-state index contributed by atoms with van der Waals surface area (Å²) in [6.45, 7) is -0.459. The van der Waals surface area contributed by atoms with Crippen LogP contribution in [0, 0.1) is 0 Å². The van der Waals surface area contributed by atoms with Gasteiger partial charge in [0.2, 0.25) is 0 Å². The smallest absolute Gasteiger partial charge is 0.265 e. The number of aliphatic hydroxyl groups is 1. The van der Waals surface area contributed by atoms with Gasteiger partial charge in [0.05, 0.1) is 5.56 Å².